The molecule has 0 fully saturated rings. The van der Waals surface area contributed by atoms with E-state index in [1.54, 1.807) is 13.8 Å². The van der Waals surface area contributed by atoms with E-state index in [1.165, 1.54) is 0 Å². The predicted octanol–water partition coefficient (Wildman–Crippen LogP) is -3.02. The van der Waals surface area contributed by atoms with Crippen molar-refractivity contribution in [3.8, 4) is 0 Å². The number of nitrogens with two attached hydrogens (primary N) is 1. The van der Waals surface area contributed by atoms with Crippen molar-refractivity contribution in [2.75, 3.05) is 5.75 Å². The number of hydrogen-bond acceptors (Lipinski definition) is 4. The van der Waals surface area contributed by atoms with Gasteiger partial charge < -0.3 is 1.43 Å². The van der Waals surface area contributed by atoms with E-state index in [0.29, 0.717) is 0 Å². The van der Waals surface area contributed by atoms with Gasteiger partial charge in [0.05, 0.1) is 5.75 Å². The average molecular weight is 177 g/mol. The molecule has 0 aromatic rings. The van der Waals surface area contributed by atoms with Crippen molar-refractivity contribution in [2.45, 2.75) is 13.8 Å². The van der Waals surface area contributed by atoms with Crippen LogP contribution in [0.5, 0.6) is 0 Å². The third-order valence-corrected chi connectivity index (χ3v) is 2.05. The second-order valence-corrected chi connectivity index (χ2v) is 3.86. The SMILES string of the molecule is CC(C)CS(=O)(=O)ON.[H-].[Na+]. The van der Waals surface area contributed by atoms with Crippen LogP contribution in [-0.2, 0) is 14.4 Å². The predicted molar refractivity (Wildman–Crippen MR) is 35.0 cm³/mol. The van der Waals surface area contributed by atoms with Gasteiger partial charge in [-0.2, -0.15) is 18.6 Å². The summed E-state index contributed by atoms with van der Waals surface area (Å²) in [6.07, 6.45) is 0. The van der Waals surface area contributed by atoms with Gasteiger partial charge in [0.1, 0.15) is 0 Å². The van der Waals surface area contributed by atoms with Crippen molar-refractivity contribution in [1.82, 2.24) is 0 Å². The average Bonchev–Trinajstić information content (AvgIpc) is 1.63. The van der Waals surface area contributed by atoms with E-state index >= 15 is 0 Å². The molecule has 2 N–H and O–H groups in total. The van der Waals surface area contributed by atoms with Gasteiger partial charge in [0.2, 0.25) is 0 Å². The van der Waals surface area contributed by atoms with Crippen molar-refractivity contribution in [3.05, 3.63) is 0 Å². The third-order valence-electron chi connectivity index (χ3n) is 0.684. The topological polar surface area (TPSA) is 69.4 Å². The first kappa shape index (κ1) is 13.5. The zero-order valence-corrected chi connectivity index (χ0v) is 9.31. The van der Waals surface area contributed by atoms with Crippen molar-refractivity contribution in [3.63, 3.8) is 0 Å². The van der Waals surface area contributed by atoms with E-state index in [-0.39, 0.29) is 42.7 Å². The Morgan fingerprint density at radius 1 is 1.60 bits per heavy atom. The molecule has 0 aliphatic carbocycles. The van der Waals surface area contributed by atoms with E-state index in [9.17, 15) is 8.42 Å². The molecule has 0 aromatic carbocycles. The second-order valence-electron chi connectivity index (χ2n) is 2.21. The van der Waals surface area contributed by atoms with Crippen molar-refractivity contribution < 1.29 is 43.7 Å². The summed E-state index contributed by atoms with van der Waals surface area (Å²) < 4.78 is 24.6. The zero-order valence-electron chi connectivity index (χ0n) is 7.49. The standard InChI is InChI=1S/C4H11NO3S.Na.H/c1-4(2)3-9(6,7)8-5;;/h4H,3,5H2,1-2H3;;/q;+1;-1. The molecule has 0 saturated heterocycles. The summed E-state index contributed by atoms with van der Waals surface area (Å²) >= 11 is 0. The molecule has 0 unspecified atom stereocenters. The van der Waals surface area contributed by atoms with Crippen molar-refractivity contribution in [2.24, 2.45) is 11.8 Å². The zero-order chi connectivity index (χ0) is 7.49. The Hall–Kier alpha value is 0.870. The fourth-order valence-electron chi connectivity index (χ4n) is 0.448. The summed E-state index contributed by atoms with van der Waals surface area (Å²) in [5.74, 6) is 4.50. The molecule has 0 aliphatic heterocycles. The Kier molecular flexibility index (Phi) is 7.42. The maximum Gasteiger partial charge on any atom is 1.00 e. The van der Waals surface area contributed by atoms with Crippen LogP contribution in [0.1, 0.15) is 15.3 Å². The largest absolute Gasteiger partial charge is 1.00 e. The monoisotopic (exact) mass is 177 g/mol. The fourth-order valence-corrected chi connectivity index (χ4v) is 1.34. The fraction of sp³-hybridized carbons (Fsp3) is 1.00. The number of rotatable bonds is 3. The Morgan fingerprint density at radius 3 is 2.10 bits per heavy atom. The molecular weight excluding hydrogens is 165 g/mol. The molecule has 0 heterocycles. The molecular formula is C4H12NNaO3S. The summed E-state index contributed by atoms with van der Waals surface area (Å²) in [5, 5.41) is 0. The van der Waals surface area contributed by atoms with E-state index in [4.69, 9.17) is 0 Å². The Bertz CT molecular complexity index is 170. The van der Waals surface area contributed by atoms with Crippen LogP contribution in [0.15, 0.2) is 0 Å². The van der Waals surface area contributed by atoms with Crippen LogP contribution in [0, 0.1) is 5.92 Å². The van der Waals surface area contributed by atoms with Gasteiger partial charge in [0.25, 0.3) is 10.1 Å². The molecule has 0 spiro atoms. The molecule has 4 nitrogen and oxygen atoms in total. The van der Waals surface area contributed by atoms with E-state index in [1.807, 2.05) is 0 Å². The van der Waals surface area contributed by atoms with Gasteiger partial charge in [-0.1, -0.05) is 13.8 Å². The van der Waals surface area contributed by atoms with Crippen molar-refractivity contribution in [1.29, 1.82) is 0 Å². The van der Waals surface area contributed by atoms with Gasteiger partial charge in [-0.15, -0.1) is 0 Å². The van der Waals surface area contributed by atoms with Gasteiger partial charge in [-0.3, -0.25) is 0 Å². The quantitative estimate of drug-likeness (QED) is 0.368. The van der Waals surface area contributed by atoms with E-state index < -0.39 is 10.1 Å². The molecule has 0 rings (SSSR count). The minimum atomic E-state index is -3.44. The molecule has 0 bridgehead atoms. The molecule has 6 heteroatoms. The summed E-state index contributed by atoms with van der Waals surface area (Å²) in [6.45, 7) is 3.55. The minimum absolute atomic E-state index is 0. The van der Waals surface area contributed by atoms with Crippen LogP contribution >= 0.6 is 0 Å². The summed E-state index contributed by atoms with van der Waals surface area (Å²) in [6, 6.07) is 0. The summed E-state index contributed by atoms with van der Waals surface area (Å²) in [4.78, 5) is 0. The van der Waals surface area contributed by atoms with E-state index in [2.05, 4.69) is 10.2 Å². The molecule has 10 heavy (non-hydrogen) atoms. The Balaban J connectivity index is -0.000000320. The van der Waals surface area contributed by atoms with Gasteiger partial charge in [-0.05, 0) is 5.92 Å². The first-order valence-electron chi connectivity index (χ1n) is 2.59. The van der Waals surface area contributed by atoms with Gasteiger partial charge in [-0.25, -0.2) is 0 Å². The molecule has 0 saturated carbocycles. The van der Waals surface area contributed by atoms with Crippen LogP contribution in [0.4, 0.5) is 0 Å². The van der Waals surface area contributed by atoms with Gasteiger partial charge in [0.15, 0.2) is 0 Å². The summed E-state index contributed by atoms with van der Waals surface area (Å²) in [7, 11) is -3.44. The molecule has 0 amide bonds. The van der Waals surface area contributed by atoms with Gasteiger partial charge in [0, 0.05) is 0 Å². The first-order chi connectivity index (χ1) is 3.98. The Labute approximate surface area is 85.0 Å². The maximum atomic E-state index is 10.5. The second kappa shape index (κ2) is 5.51. The normalized spacial score (nSPS) is 11.2. The van der Waals surface area contributed by atoms with Crippen LogP contribution in [0.25, 0.3) is 0 Å². The first-order valence-corrected chi connectivity index (χ1v) is 4.16. The van der Waals surface area contributed by atoms with Crippen LogP contribution in [-0.4, -0.2) is 14.2 Å². The molecule has 0 aliphatic rings. The summed E-state index contributed by atoms with van der Waals surface area (Å²) in [5.41, 5.74) is 0. The van der Waals surface area contributed by atoms with Crippen LogP contribution in [0.3, 0.4) is 0 Å². The molecule has 0 aromatic heterocycles. The molecule has 0 radical (unpaired) electrons. The maximum absolute atomic E-state index is 10.5. The van der Waals surface area contributed by atoms with Crippen LogP contribution in [0.2, 0.25) is 0 Å². The Morgan fingerprint density at radius 2 is 2.00 bits per heavy atom. The molecule has 0 atom stereocenters. The minimum Gasteiger partial charge on any atom is -1.00 e. The van der Waals surface area contributed by atoms with Crippen molar-refractivity contribution >= 4 is 10.1 Å². The third kappa shape index (κ3) is 6.98. The smallest absolute Gasteiger partial charge is 1.00 e. The van der Waals surface area contributed by atoms with Crippen LogP contribution < -0.4 is 35.5 Å². The number of hydrogen-bond donors (Lipinski definition) is 1. The van der Waals surface area contributed by atoms with Gasteiger partial charge >= 0.3 is 29.6 Å². The molecule has 58 valence electrons. The van der Waals surface area contributed by atoms with E-state index in [0.717, 1.165) is 0 Å².